The zero-order chi connectivity index (χ0) is 9.57. The molecule has 0 saturated carbocycles. The second kappa shape index (κ2) is 2.41. The van der Waals surface area contributed by atoms with E-state index >= 15 is 0 Å². The second-order valence-electron chi connectivity index (χ2n) is 4.34. The molecule has 0 saturated heterocycles. The normalized spacial score (nSPS) is 26.2. The lowest BCUT2D eigenvalue weighted by Crippen LogP contribution is -2.51. The van der Waals surface area contributed by atoms with Crippen LogP contribution < -0.4 is 0 Å². The first-order chi connectivity index (χ1) is 5.26. The molecule has 0 aromatic rings. The summed E-state index contributed by atoms with van der Waals surface area (Å²) in [5.74, 6) is 1.78. The predicted octanol–water partition coefficient (Wildman–Crippen LogP) is 2.84. The van der Waals surface area contributed by atoms with Crippen LogP contribution in [-0.4, -0.2) is 11.2 Å². The molecule has 0 aromatic carbocycles. The smallest absolute Gasteiger partial charge is 0.142 e. The standard InChI is InChI=1S/C10H18O2/c1-7-8(2)12-10(5,6)9(3,4)11-7/h1-6H3. The zero-order valence-corrected chi connectivity index (χ0v) is 8.82. The van der Waals surface area contributed by atoms with Gasteiger partial charge in [0.2, 0.25) is 0 Å². The predicted molar refractivity (Wildman–Crippen MR) is 48.7 cm³/mol. The fourth-order valence-electron chi connectivity index (χ4n) is 1.15. The first-order valence-electron chi connectivity index (χ1n) is 4.32. The molecule has 2 nitrogen and oxygen atoms in total. The van der Waals surface area contributed by atoms with E-state index in [0.717, 1.165) is 11.5 Å². The molecule has 0 amide bonds. The van der Waals surface area contributed by atoms with Crippen LogP contribution in [0.25, 0.3) is 0 Å². The highest BCUT2D eigenvalue weighted by molar-refractivity contribution is 5.07. The van der Waals surface area contributed by atoms with Crippen molar-refractivity contribution in [1.82, 2.24) is 0 Å². The largest absolute Gasteiger partial charge is 0.485 e. The van der Waals surface area contributed by atoms with Gasteiger partial charge >= 0.3 is 0 Å². The molecule has 0 bridgehead atoms. The van der Waals surface area contributed by atoms with E-state index in [2.05, 4.69) is 0 Å². The van der Waals surface area contributed by atoms with Crippen LogP contribution in [0.3, 0.4) is 0 Å². The van der Waals surface area contributed by atoms with Crippen LogP contribution in [0.1, 0.15) is 41.5 Å². The highest BCUT2D eigenvalue weighted by Gasteiger charge is 2.44. The molecule has 0 radical (unpaired) electrons. The Morgan fingerprint density at radius 3 is 1.25 bits per heavy atom. The van der Waals surface area contributed by atoms with Gasteiger partial charge in [-0.1, -0.05) is 0 Å². The fourth-order valence-corrected chi connectivity index (χ4v) is 1.15. The van der Waals surface area contributed by atoms with Crippen molar-refractivity contribution in [3.05, 3.63) is 11.5 Å². The van der Waals surface area contributed by atoms with Crippen molar-refractivity contribution in [3.63, 3.8) is 0 Å². The molecular weight excluding hydrogens is 152 g/mol. The van der Waals surface area contributed by atoms with E-state index in [4.69, 9.17) is 9.47 Å². The molecule has 70 valence electrons. The lowest BCUT2D eigenvalue weighted by molar-refractivity contribution is -0.167. The summed E-state index contributed by atoms with van der Waals surface area (Å²) < 4.78 is 11.5. The summed E-state index contributed by atoms with van der Waals surface area (Å²) in [5, 5.41) is 0. The average Bonchev–Trinajstić information content (AvgIpc) is 1.82. The van der Waals surface area contributed by atoms with E-state index in [9.17, 15) is 0 Å². The fraction of sp³-hybridized carbons (Fsp3) is 0.800. The zero-order valence-electron chi connectivity index (χ0n) is 8.82. The van der Waals surface area contributed by atoms with Crippen molar-refractivity contribution in [2.75, 3.05) is 0 Å². The van der Waals surface area contributed by atoms with Crippen LogP contribution in [0, 0.1) is 0 Å². The number of hydrogen-bond acceptors (Lipinski definition) is 2. The highest BCUT2D eigenvalue weighted by Crippen LogP contribution is 2.37. The van der Waals surface area contributed by atoms with Crippen LogP contribution >= 0.6 is 0 Å². The summed E-state index contributed by atoms with van der Waals surface area (Å²) in [6.45, 7) is 12.1. The van der Waals surface area contributed by atoms with E-state index in [1.165, 1.54) is 0 Å². The Kier molecular flexibility index (Phi) is 1.89. The molecule has 1 aliphatic heterocycles. The first kappa shape index (κ1) is 9.43. The summed E-state index contributed by atoms with van der Waals surface area (Å²) in [4.78, 5) is 0. The average molecular weight is 170 g/mol. The van der Waals surface area contributed by atoms with Gasteiger partial charge < -0.3 is 9.47 Å². The van der Waals surface area contributed by atoms with Crippen LogP contribution in [0.15, 0.2) is 11.5 Å². The Labute approximate surface area is 74.6 Å². The van der Waals surface area contributed by atoms with Crippen molar-refractivity contribution in [3.8, 4) is 0 Å². The third-order valence-corrected chi connectivity index (χ3v) is 2.76. The summed E-state index contributed by atoms with van der Waals surface area (Å²) in [6, 6.07) is 0. The van der Waals surface area contributed by atoms with Crippen molar-refractivity contribution in [2.24, 2.45) is 0 Å². The minimum Gasteiger partial charge on any atom is -0.485 e. The Hall–Kier alpha value is -0.660. The van der Waals surface area contributed by atoms with Gasteiger partial charge in [-0.25, -0.2) is 0 Å². The quantitative estimate of drug-likeness (QED) is 0.556. The first-order valence-corrected chi connectivity index (χ1v) is 4.32. The summed E-state index contributed by atoms with van der Waals surface area (Å²) in [7, 11) is 0. The second-order valence-corrected chi connectivity index (χ2v) is 4.34. The topological polar surface area (TPSA) is 18.5 Å². The molecule has 0 fully saturated rings. The summed E-state index contributed by atoms with van der Waals surface area (Å²) in [6.07, 6.45) is 0. The maximum atomic E-state index is 5.76. The third-order valence-electron chi connectivity index (χ3n) is 2.76. The van der Waals surface area contributed by atoms with Crippen molar-refractivity contribution >= 4 is 0 Å². The molecule has 0 aromatic heterocycles. The van der Waals surface area contributed by atoms with Crippen LogP contribution in [0.5, 0.6) is 0 Å². The molecule has 0 N–H and O–H groups in total. The minimum atomic E-state index is -0.253. The van der Waals surface area contributed by atoms with E-state index in [1.807, 2.05) is 41.5 Å². The number of allylic oxidation sites excluding steroid dienone is 2. The van der Waals surface area contributed by atoms with E-state index in [-0.39, 0.29) is 11.2 Å². The van der Waals surface area contributed by atoms with Gasteiger partial charge in [-0.3, -0.25) is 0 Å². The summed E-state index contributed by atoms with van der Waals surface area (Å²) >= 11 is 0. The Balaban J connectivity index is 3.00. The molecule has 1 rings (SSSR count). The number of hydrogen-bond donors (Lipinski definition) is 0. The Morgan fingerprint density at radius 1 is 0.750 bits per heavy atom. The molecule has 12 heavy (non-hydrogen) atoms. The SMILES string of the molecule is CC1=C(C)OC(C)(C)C(C)(C)O1. The van der Waals surface area contributed by atoms with Crippen LogP contribution in [0.4, 0.5) is 0 Å². The minimum absolute atomic E-state index is 0.253. The maximum absolute atomic E-state index is 5.76. The molecule has 2 heteroatoms. The number of rotatable bonds is 0. The van der Waals surface area contributed by atoms with Crippen molar-refractivity contribution in [1.29, 1.82) is 0 Å². The van der Waals surface area contributed by atoms with Gasteiger partial charge in [-0.15, -0.1) is 0 Å². The van der Waals surface area contributed by atoms with Gasteiger partial charge in [0.05, 0.1) is 0 Å². The monoisotopic (exact) mass is 170 g/mol. The van der Waals surface area contributed by atoms with E-state index in [0.29, 0.717) is 0 Å². The maximum Gasteiger partial charge on any atom is 0.142 e. The Morgan fingerprint density at radius 2 is 1.00 bits per heavy atom. The molecular formula is C10H18O2. The molecule has 0 aliphatic carbocycles. The summed E-state index contributed by atoms with van der Waals surface area (Å²) in [5.41, 5.74) is -0.507. The third kappa shape index (κ3) is 1.30. The van der Waals surface area contributed by atoms with E-state index < -0.39 is 0 Å². The van der Waals surface area contributed by atoms with Crippen LogP contribution in [0.2, 0.25) is 0 Å². The molecule has 0 atom stereocenters. The van der Waals surface area contributed by atoms with Crippen molar-refractivity contribution < 1.29 is 9.47 Å². The van der Waals surface area contributed by atoms with Gasteiger partial charge in [-0.2, -0.15) is 0 Å². The van der Waals surface area contributed by atoms with Gasteiger partial charge in [-0.05, 0) is 41.5 Å². The van der Waals surface area contributed by atoms with E-state index in [1.54, 1.807) is 0 Å². The molecule has 0 unspecified atom stereocenters. The van der Waals surface area contributed by atoms with Gasteiger partial charge in [0.15, 0.2) is 0 Å². The van der Waals surface area contributed by atoms with Crippen molar-refractivity contribution in [2.45, 2.75) is 52.7 Å². The van der Waals surface area contributed by atoms with Gasteiger partial charge in [0, 0.05) is 0 Å². The lowest BCUT2D eigenvalue weighted by atomic mass is 9.88. The molecule has 0 spiro atoms. The Bertz CT molecular complexity index is 200. The highest BCUT2D eigenvalue weighted by atomic mass is 16.6. The van der Waals surface area contributed by atoms with Gasteiger partial charge in [0.1, 0.15) is 22.7 Å². The number of ether oxygens (including phenoxy) is 2. The molecule has 1 aliphatic rings. The van der Waals surface area contributed by atoms with Crippen LogP contribution in [-0.2, 0) is 9.47 Å². The van der Waals surface area contributed by atoms with Gasteiger partial charge in [0.25, 0.3) is 0 Å². The molecule has 1 heterocycles. The lowest BCUT2D eigenvalue weighted by Gasteiger charge is -2.45.